The van der Waals surface area contributed by atoms with Crippen LogP contribution in [0.4, 0.5) is 0 Å². The number of hydrogen-bond acceptors (Lipinski definition) is 2. The van der Waals surface area contributed by atoms with E-state index < -0.39 is 0 Å². The molecular formula is C29H39NO. The Kier molecular flexibility index (Phi) is 8.59. The van der Waals surface area contributed by atoms with Gasteiger partial charge >= 0.3 is 0 Å². The summed E-state index contributed by atoms with van der Waals surface area (Å²) in [6, 6.07) is 7.14. The minimum absolute atomic E-state index is 0.331. The maximum Gasteiger partial charge on any atom is 0.129 e. The van der Waals surface area contributed by atoms with E-state index in [0.29, 0.717) is 11.7 Å². The van der Waals surface area contributed by atoms with E-state index in [2.05, 4.69) is 55.1 Å². The molecule has 3 rings (SSSR count). The lowest BCUT2D eigenvalue weighted by Crippen LogP contribution is -2.24. The van der Waals surface area contributed by atoms with E-state index in [1.165, 1.54) is 56.1 Å². The molecule has 0 radical (unpaired) electrons. The van der Waals surface area contributed by atoms with E-state index in [-0.39, 0.29) is 0 Å². The molecule has 3 atom stereocenters. The third-order valence-electron chi connectivity index (χ3n) is 7.19. The lowest BCUT2D eigenvalue weighted by molar-refractivity contribution is -0.117. The summed E-state index contributed by atoms with van der Waals surface area (Å²) in [5, 5.41) is 3.41. The van der Waals surface area contributed by atoms with Crippen molar-refractivity contribution >= 4 is 5.78 Å². The number of benzene rings is 1. The van der Waals surface area contributed by atoms with Gasteiger partial charge in [-0.3, -0.25) is 0 Å². The molecule has 1 aliphatic heterocycles. The minimum atomic E-state index is 0.331. The van der Waals surface area contributed by atoms with Gasteiger partial charge in [0.2, 0.25) is 0 Å². The number of nitrogens with one attached hydrogen (secondary N) is 1. The molecule has 1 heterocycles. The summed E-state index contributed by atoms with van der Waals surface area (Å²) in [6.07, 6.45) is 12.6. The van der Waals surface area contributed by atoms with Crippen molar-refractivity contribution in [2.45, 2.75) is 90.4 Å². The van der Waals surface area contributed by atoms with Crippen LogP contribution in [-0.4, -0.2) is 5.78 Å². The number of piperidine rings is 1. The highest BCUT2D eigenvalue weighted by atomic mass is 16.1. The Morgan fingerprint density at radius 1 is 1.16 bits per heavy atom. The van der Waals surface area contributed by atoms with E-state index in [9.17, 15) is 4.79 Å². The quantitative estimate of drug-likeness (QED) is 0.432. The summed E-state index contributed by atoms with van der Waals surface area (Å²) < 4.78 is 0. The third kappa shape index (κ3) is 6.36. The average molecular weight is 418 g/mol. The van der Waals surface area contributed by atoms with Crippen molar-refractivity contribution in [3.8, 4) is 0 Å². The van der Waals surface area contributed by atoms with Crippen LogP contribution in [0.2, 0.25) is 0 Å². The van der Waals surface area contributed by atoms with Gasteiger partial charge in [0.1, 0.15) is 5.78 Å². The van der Waals surface area contributed by atoms with Crippen molar-refractivity contribution in [3.05, 3.63) is 70.9 Å². The van der Waals surface area contributed by atoms with Gasteiger partial charge in [-0.15, -0.1) is 11.5 Å². The predicted molar refractivity (Wildman–Crippen MR) is 130 cm³/mol. The monoisotopic (exact) mass is 417 g/mol. The number of aryl methyl sites for hydroxylation is 1. The maximum atomic E-state index is 11.3. The molecule has 166 valence electrons. The van der Waals surface area contributed by atoms with Crippen molar-refractivity contribution in [1.82, 2.24) is 5.32 Å². The van der Waals surface area contributed by atoms with Gasteiger partial charge in [0.05, 0.1) is 11.4 Å². The number of allylic oxidation sites excluding steroid dienone is 2. The van der Waals surface area contributed by atoms with Crippen molar-refractivity contribution in [2.24, 2.45) is 11.8 Å². The third-order valence-corrected chi connectivity index (χ3v) is 7.19. The summed E-state index contributed by atoms with van der Waals surface area (Å²) in [6.45, 7) is 11.7. The van der Waals surface area contributed by atoms with Gasteiger partial charge in [0.25, 0.3) is 0 Å². The average Bonchev–Trinajstić information content (AvgIpc) is 2.78. The van der Waals surface area contributed by atoms with Crippen LogP contribution in [0.5, 0.6) is 0 Å². The van der Waals surface area contributed by atoms with Gasteiger partial charge in [0, 0.05) is 12.3 Å². The molecule has 1 aromatic rings. The van der Waals surface area contributed by atoms with Gasteiger partial charge in [-0.2, -0.15) is 0 Å². The first-order valence-electron chi connectivity index (χ1n) is 12.2. The number of ketones is 1. The van der Waals surface area contributed by atoms with Crippen LogP contribution in [-0.2, 0) is 17.6 Å². The standard InChI is InChI=1S/C29H39NO/c1-5-9-22(11-8-10-21(4)31)18-23-12-13-25-20-26(15-14-24(25)19-23)28-17-16-27(6-2)30-29(28)7-3/h14-15,20,22-23,28,30H,2-3,5,8-13,16-19H2,1,4H3. The maximum absolute atomic E-state index is 11.3. The van der Waals surface area contributed by atoms with Crippen molar-refractivity contribution < 1.29 is 4.79 Å². The Bertz CT molecular complexity index is 882. The first-order chi connectivity index (χ1) is 15.0. The Balaban J connectivity index is 1.64. The Morgan fingerprint density at radius 2 is 2.00 bits per heavy atom. The largest absolute Gasteiger partial charge is 0.349 e. The summed E-state index contributed by atoms with van der Waals surface area (Å²) in [7, 11) is 0. The highest BCUT2D eigenvalue weighted by molar-refractivity contribution is 5.75. The molecule has 2 heteroatoms. The Hall–Kier alpha value is -2.27. The number of Topliss-reactive ketones (excluding diaryl/α,β-unsaturated/α-hetero) is 1. The second-order valence-electron chi connectivity index (χ2n) is 9.58. The van der Waals surface area contributed by atoms with Gasteiger partial charge in [-0.05, 0) is 80.4 Å². The molecule has 2 nitrogen and oxygen atoms in total. The first-order valence-corrected chi connectivity index (χ1v) is 12.2. The van der Waals surface area contributed by atoms with Crippen LogP contribution in [0, 0.1) is 11.8 Å². The smallest absolute Gasteiger partial charge is 0.129 e. The van der Waals surface area contributed by atoms with Crippen molar-refractivity contribution in [2.75, 3.05) is 0 Å². The van der Waals surface area contributed by atoms with Crippen molar-refractivity contribution in [3.63, 3.8) is 0 Å². The second kappa shape index (κ2) is 11.4. The normalized spacial score (nSPS) is 21.5. The Labute approximate surface area is 189 Å². The molecule has 1 saturated heterocycles. The van der Waals surface area contributed by atoms with Crippen LogP contribution in [0.25, 0.3) is 0 Å². The van der Waals surface area contributed by atoms with Crippen LogP contribution in [0.15, 0.2) is 54.2 Å². The molecule has 31 heavy (non-hydrogen) atoms. The van der Waals surface area contributed by atoms with E-state index in [1.807, 2.05) is 0 Å². The number of fused-ring (bicyclic) bond motifs is 1. The molecule has 1 N–H and O–H groups in total. The van der Waals surface area contributed by atoms with E-state index in [0.717, 1.165) is 48.9 Å². The zero-order valence-electron chi connectivity index (χ0n) is 19.6. The van der Waals surface area contributed by atoms with E-state index in [1.54, 1.807) is 12.5 Å². The zero-order chi connectivity index (χ0) is 22.2. The molecule has 2 aliphatic rings. The molecular weight excluding hydrogens is 378 g/mol. The van der Waals surface area contributed by atoms with Crippen LogP contribution in [0.1, 0.15) is 94.2 Å². The van der Waals surface area contributed by atoms with E-state index >= 15 is 0 Å². The van der Waals surface area contributed by atoms with Crippen LogP contribution in [0.3, 0.4) is 0 Å². The summed E-state index contributed by atoms with van der Waals surface area (Å²) >= 11 is 0. The molecule has 3 unspecified atom stereocenters. The second-order valence-corrected chi connectivity index (χ2v) is 9.58. The predicted octanol–water partition coefficient (Wildman–Crippen LogP) is 7.16. The molecule has 1 fully saturated rings. The molecule has 0 spiro atoms. The minimum Gasteiger partial charge on any atom is -0.349 e. The SMILES string of the molecule is C=C=C1CCC(c2ccc3c(c2)CCC(CC(CCC)CCCC(C)=O)C3)C(=C=C)N1. The highest BCUT2D eigenvalue weighted by Gasteiger charge is 2.26. The summed E-state index contributed by atoms with van der Waals surface area (Å²) in [4.78, 5) is 11.3. The number of rotatable bonds is 9. The first kappa shape index (κ1) is 23.4. The molecule has 0 amide bonds. The molecule has 1 aromatic carbocycles. The topological polar surface area (TPSA) is 29.1 Å². The number of carbonyl (C=O) groups excluding carboxylic acids is 1. The molecule has 0 bridgehead atoms. The van der Waals surface area contributed by atoms with Crippen molar-refractivity contribution in [1.29, 1.82) is 0 Å². The van der Waals surface area contributed by atoms with Gasteiger partial charge < -0.3 is 10.1 Å². The highest BCUT2D eigenvalue weighted by Crippen LogP contribution is 2.37. The lowest BCUT2D eigenvalue weighted by Gasteiger charge is -2.31. The summed E-state index contributed by atoms with van der Waals surface area (Å²) in [5.41, 5.74) is 12.7. The number of hydrogen-bond donors (Lipinski definition) is 1. The van der Waals surface area contributed by atoms with Crippen LogP contribution < -0.4 is 5.32 Å². The van der Waals surface area contributed by atoms with Gasteiger partial charge in [-0.1, -0.05) is 57.5 Å². The summed E-state index contributed by atoms with van der Waals surface area (Å²) in [5.74, 6) is 2.23. The fourth-order valence-electron chi connectivity index (χ4n) is 5.55. The fraction of sp³-hybridized carbons (Fsp3) is 0.552. The Morgan fingerprint density at radius 3 is 2.71 bits per heavy atom. The molecule has 1 aliphatic carbocycles. The molecule has 0 aromatic heterocycles. The fourth-order valence-corrected chi connectivity index (χ4v) is 5.55. The van der Waals surface area contributed by atoms with Crippen LogP contribution >= 0.6 is 0 Å². The van der Waals surface area contributed by atoms with Gasteiger partial charge in [-0.25, -0.2) is 0 Å². The number of carbonyl (C=O) groups is 1. The van der Waals surface area contributed by atoms with E-state index in [4.69, 9.17) is 0 Å². The lowest BCUT2D eigenvalue weighted by atomic mass is 9.76. The molecule has 0 saturated carbocycles. The zero-order valence-corrected chi connectivity index (χ0v) is 19.6. The van der Waals surface area contributed by atoms with Gasteiger partial charge in [0.15, 0.2) is 0 Å².